The molecule has 62 valence electrons. The standard InChI is InChI=1S/C9H10N2O/c1-2-3-4-7-11-8-10-6-5-9(11)12/h1,5-6,8H,3-4,7H2. The molecule has 0 aliphatic carbocycles. The molecule has 1 aromatic heterocycles. The summed E-state index contributed by atoms with van der Waals surface area (Å²) in [7, 11) is 0. The number of unbranched alkanes of at least 4 members (excludes halogenated alkanes) is 1. The maximum Gasteiger partial charge on any atom is 0.253 e. The second-order valence-corrected chi connectivity index (χ2v) is 2.42. The van der Waals surface area contributed by atoms with E-state index in [0.717, 1.165) is 6.42 Å². The third-order valence-electron chi connectivity index (χ3n) is 1.51. The highest BCUT2D eigenvalue weighted by atomic mass is 16.1. The van der Waals surface area contributed by atoms with E-state index in [1.54, 1.807) is 4.57 Å². The Hall–Kier alpha value is -1.56. The molecule has 0 fully saturated rings. The van der Waals surface area contributed by atoms with Gasteiger partial charge in [-0.3, -0.25) is 9.36 Å². The van der Waals surface area contributed by atoms with Crippen LogP contribution in [-0.2, 0) is 6.54 Å². The van der Waals surface area contributed by atoms with Gasteiger partial charge in [0.2, 0.25) is 0 Å². The van der Waals surface area contributed by atoms with Crippen molar-refractivity contribution in [2.45, 2.75) is 19.4 Å². The van der Waals surface area contributed by atoms with Crippen LogP contribution in [0.4, 0.5) is 0 Å². The smallest absolute Gasteiger partial charge is 0.253 e. The summed E-state index contributed by atoms with van der Waals surface area (Å²) in [6, 6.07) is 1.44. The Morgan fingerprint density at radius 1 is 1.67 bits per heavy atom. The van der Waals surface area contributed by atoms with Crippen LogP contribution < -0.4 is 5.56 Å². The number of nitrogens with zero attached hydrogens (tertiary/aromatic N) is 2. The summed E-state index contributed by atoms with van der Waals surface area (Å²) in [5.74, 6) is 2.52. The summed E-state index contributed by atoms with van der Waals surface area (Å²) in [6.07, 6.45) is 9.61. The Labute approximate surface area is 71.1 Å². The van der Waals surface area contributed by atoms with Gasteiger partial charge in [-0.05, 0) is 6.42 Å². The maximum absolute atomic E-state index is 11.1. The van der Waals surface area contributed by atoms with Crippen LogP contribution in [0.2, 0.25) is 0 Å². The molecule has 0 bridgehead atoms. The minimum absolute atomic E-state index is 0.0259. The molecule has 0 unspecified atom stereocenters. The van der Waals surface area contributed by atoms with Crippen LogP contribution in [0.15, 0.2) is 23.4 Å². The zero-order chi connectivity index (χ0) is 8.81. The van der Waals surface area contributed by atoms with E-state index < -0.39 is 0 Å². The first kappa shape index (κ1) is 8.54. The predicted molar refractivity (Wildman–Crippen MR) is 46.6 cm³/mol. The van der Waals surface area contributed by atoms with Crippen molar-refractivity contribution in [2.75, 3.05) is 0 Å². The van der Waals surface area contributed by atoms with Crippen molar-refractivity contribution in [1.29, 1.82) is 0 Å². The van der Waals surface area contributed by atoms with Gasteiger partial charge < -0.3 is 0 Å². The van der Waals surface area contributed by atoms with E-state index in [0.29, 0.717) is 13.0 Å². The summed E-state index contributed by atoms with van der Waals surface area (Å²) >= 11 is 0. The summed E-state index contributed by atoms with van der Waals surface area (Å²) in [5.41, 5.74) is -0.0259. The number of aryl methyl sites for hydroxylation is 1. The lowest BCUT2D eigenvalue weighted by Crippen LogP contribution is -2.18. The molecule has 0 saturated heterocycles. The number of rotatable bonds is 3. The Balaban J connectivity index is 2.59. The number of hydrogen-bond donors (Lipinski definition) is 0. The third kappa shape index (κ3) is 2.24. The first-order chi connectivity index (χ1) is 5.84. The van der Waals surface area contributed by atoms with Crippen molar-refractivity contribution in [1.82, 2.24) is 9.55 Å². The monoisotopic (exact) mass is 162 g/mol. The highest BCUT2D eigenvalue weighted by molar-refractivity contribution is 4.85. The molecule has 0 amide bonds. The summed E-state index contributed by atoms with van der Waals surface area (Å²) < 4.78 is 1.55. The Bertz CT molecular complexity index is 335. The van der Waals surface area contributed by atoms with Gasteiger partial charge in [-0.15, -0.1) is 12.3 Å². The van der Waals surface area contributed by atoms with E-state index >= 15 is 0 Å². The van der Waals surface area contributed by atoms with Gasteiger partial charge in [0.15, 0.2) is 0 Å². The Morgan fingerprint density at radius 3 is 3.17 bits per heavy atom. The lowest BCUT2D eigenvalue weighted by molar-refractivity contribution is 0.621. The van der Waals surface area contributed by atoms with E-state index in [4.69, 9.17) is 6.42 Å². The van der Waals surface area contributed by atoms with Crippen LogP contribution in [0.3, 0.4) is 0 Å². The molecule has 12 heavy (non-hydrogen) atoms. The van der Waals surface area contributed by atoms with Crippen molar-refractivity contribution in [3.63, 3.8) is 0 Å². The molecule has 1 aromatic rings. The molecule has 0 saturated carbocycles. The molecule has 0 aliphatic rings. The first-order valence-electron chi connectivity index (χ1n) is 3.78. The lowest BCUT2D eigenvalue weighted by Gasteiger charge is -2.00. The zero-order valence-electron chi connectivity index (χ0n) is 6.73. The van der Waals surface area contributed by atoms with Gasteiger partial charge in [-0.1, -0.05) is 0 Å². The van der Waals surface area contributed by atoms with Crippen LogP contribution in [0.5, 0.6) is 0 Å². The third-order valence-corrected chi connectivity index (χ3v) is 1.51. The molecule has 0 aromatic carbocycles. The molecule has 0 N–H and O–H groups in total. The highest BCUT2D eigenvalue weighted by Gasteiger charge is 1.92. The summed E-state index contributed by atoms with van der Waals surface area (Å²) in [6.45, 7) is 0.650. The number of terminal acetylenes is 1. The van der Waals surface area contributed by atoms with E-state index in [9.17, 15) is 4.79 Å². The zero-order valence-corrected chi connectivity index (χ0v) is 6.73. The maximum atomic E-state index is 11.1. The second kappa shape index (κ2) is 4.35. The quantitative estimate of drug-likeness (QED) is 0.483. The van der Waals surface area contributed by atoms with Gasteiger partial charge in [-0.25, -0.2) is 4.98 Å². The molecule has 3 nitrogen and oxygen atoms in total. The second-order valence-electron chi connectivity index (χ2n) is 2.42. The molecular weight excluding hydrogens is 152 g/mol. The molecular formula is C9H10N2O. The molecule has 1 rings (SSSR count). The fourth-order valence-electron chi connectivity index (χ4n) is 0.898. The van der Waals surface area contributed by atoms with Gasteiger partial charge in [0.25, 0.3) is 5.56 Å². The largest absolute Gasteiger partial charge is 0.299 e. The van der Waals surface area contributed by atoms with Gasteiger partial charge in [0, 0.05) is 25.2 Å². The van der Waals surface area contributed by atoms with Crippen LogP contribution in [-0.4, -0.2) is 9.55 Å². The minimum atomic E-state index is -0.0259. The highest BCUT2D eigenvalue weighted by Crippen LogP contribution is 1.89. The fraction of sp³-hybridized carbons (Fsp3) is 0.333. The van der Waals surface area contributed by atoms with Crippen molar-refractivity contribution in [3.8, 4) is 12.3 Å². The number of aromatic nitrogens is 2. The topological polar surface area (TPSA) is 34.9 Å². The normalized spacial score (nSPS) is 9.25. The summed E-state index contributed by atoms with van der Waals surface area (Å²) in [4.78, 5) is 14.9. The SMILES string of the molecule is C#CCCCn1cnccc1=O. The predicted octanol–water partition coefficient (Wildman–Crippen LogP) is 0.657. The van der Waals surface area contributed by atoms with Crippen molar-refractivity contribution in [3.05, 3.63) is 28.9 Å². The average Bonchev–Trinajstić information content (AvgIpc) is 2.09. The Morgan fingerprint density at radius 2 is 2.50 bits per heavy atom. The molecule has 3 heteroatoms. The van der Waals surface area contributed by atoms with Crippen LogP contribution in [0.1, 0.15) is 12.8 Å². The first-order valence-corrected chi connectivity index (χ1v) is 3.78. The fourth-order valence-corrected chi connectivity index (χ4v) is 0.898. The molecule has 1 heterocycles. The number of hydrogen-bond acceptors (Lipinski definition) is 2. The molecule has 0 atom stereocenters. The van der Waals surface area contributed by atoms with Gasteiger partial charge in [-0.2, -0.15) is 0 Å². The van der Waals surface area contributed by atoms with Crippen molar-refractivity contribution >= 4 is 0 Å². The average molecular weight is 162 g/mol. The minimum Gasteiger partial charge on any atom is -0.299 e. The van der Waals surface area contributed by atoms with Crippen LogP contribution in [0, 0.1) is 12.3 Å². The summed E-state index contributed by atoms with van der Waals surface area (Å²) in [5, 5.41) is 0. The van der Waals surface area contributed by atoms with Crippen molar-refractivity contribution < 1.29 is 0 Å². The van der Waals surface area contributed by atoms with E-state index in [1.807, 2.05) is 0 Å². The van der Waals surface area contributed by atoms with E-state index in [2.05, 4.69) is 10.9 Å². The van der Waals surface area contributed by atoms with Gasteiger partial charge in [0.05, 0.1) is 6.33 Å². The van der Waals surface area contributed by atoms with Crippen LogP contribution >= 0.6 is 0 Å². The van der Waals surface area contributed by atoms with Gasteiger partial charge in [0.1, 0.15) is 0 Å². The van der Waals surface area contributed by atoms with E-state index in [1.165, 1.54) is 18.6 Å². The lowest BCUT2D eigenvalue weighted by atomic mass is 10.3. The van der Waals surface area contributed by atoms with Gasteiger partial charge >= 0.3 is 0 Å². The molecule has 0 radical (unpaired) electrons. The molecule has 0 spiro atoms. The Kier molecular flexibility index (Phi) is 3.09. The van der Waals surface area contributed by atoms with Crippen molar-refractivity contribution in [2.24, 2.45) is 0 Å². The molecule has 0 aliphatic heterocycles. The van der Waals surface area contributed by atoms with E-state index in [-0.39, 0.29) is 5.56 Å². The van der Waals surface area contributed by atoms with Crippen LogP contribution in [0.25, 0.3) is 0 Å².